The number of nitrogens with one attached hydrogen (secondary N) is 4. The number of β-amino-alcohol motifs (C(OH)–C–C–N with tert-alkyl or cyclic N) is 1. The lowest BCUT2D eigenvalue weighted by Gasteiger charge is -2.36. The third-order valence-electron chi connectivity index (χ3n) is 13.6. The van der Waals surface area contributed by atoms with Gasteiger partial charge >= 0.3 is 0 Å². The SMILES string of the molecule is C=C(NCc1ccc(-c2scnc2C)cc1)[C@@H]1C[C@@H](O)CN1C(=O)[C@@H](NC(=O)COCCOCCOCCOCC(=O)NC(C(=O)C1C[C@H](O)C[C@H]1C(=O)NCc1ccc(-c2scnc2C)cc1)C(C)(C)C)C(C)(C)C. The van der Waals surface area contributed by atoms with Crippen molar-refractivity contribution in [2.45, 2.75) is 118 Å². The number of Topliss-reactive ketones (excluding diaryl/α,β-unsaturated/α-hetero) is 1. The number of hydrogen-bond acceptors (Lipinski definition) is 16. The van der Waals surface area contributed by atoms with Crippen LogP contribution < -0.4 is 21.3 Å². The first-order valence-corrected chi connectivity index (χ1v) is 27.7. The molecule has 4 aromatic rings. The molecule has 4 amide bonds. The van der Waals surface area contributed by atoms with Gasteiger partial charge in [0.1, 0.15) is 19.3 Å². The molecular formula is C56H77N7O11S2. The first kappa shape index (κ1) is 59.8. The van der Waals surface area contributed by atoms with Crippen molar-refractivity contribution in [3.63, 3.8) is 0 Å². The van der Waals surface area contributed by atoms with E-state index >= 15 is 0 Å². The monoisotopic (exact) mass is 1090 g/mol. The summed E-state index contributed by atoms with van der Waals surface area (Å²) in [7, 11) is 0. The average molecular weight is 1090 g/mol. The van der Waals surface area contributed by atoms with Crippen LogP contribution in [0.25, 0.3) is 20.9 Å². The van der Waals surface area contributed by atoms with Crippen LogP contribution in [0.15, 0.2) is 71.8 Å². The van der Waals surface area contributed by atoms with Crippen molar-refractivity contribution in [1.29, 1.82) is 0 Å². The molecule has 0 radical (unpaired) electrons. The third kappa shape index (κ3) is 17.0. The summed E-state index contributed by atoms with van der Waals surface area (Å²) in [6.45, 7) is 20.6. The predicted octanol–water partition coefficient (Wildman–Crippen LogP) is 5.52. The van der Waals surface area contributed by atoms with Crippen molar-refractivity contribution < 1.29 is 53.1 Å². The van der Waals surface area contributed by atoms with Crippen molar-refractivity contribution in [2.75, 3.05) is 59.4 Å². The largest absolute Gasteiger partial charge is 0.393 e. The number of ketones is 1. The number of likely N-dealkylation sites (tertiary alicyclic amines) is 1. The molecule has 1 aliphatic heterocycles. The molecule has 3 heterocycles. The number of carbonyl (C=O) groups excluding carboxylic acids is 5. The van der Waals surface area contributed by atoms with Gasteiger partial charge in [-0.25, -0.2) is 9.97 Å². The molecular weight excluding hydrogens is 1010 g/mol. The lowest BCUT2D eigenvalue weighted by Crippen LogP contribution is -2.57. The second-order valence-corrected chi connectivity index (χ2v) is 23.4. The van der Waals surface area contributed by atoms with E-state index in [4.69, 9.17) is 18.9 Å². The second-order valence-electron chi connectivity index (χ2n) is 21.7. The van der Waals surface area contributed by atoms with Crippen LogP contribution in [0, 0.1) is 36.5 Å². The number of aliphatic hydroxyl groups is 2. The normalized spacial score (nSPS) is 19.5. The number of thiazole rings is 2. The van der Waals surface area contributed by atoms with Crippen molar-refractivity contribution >= 4 is 52.1 Å². The molecule has 6 rings (SSSR count). The minimum atomic E-state index is -0.924. The summed E-state index contributed by atoms with van der Waals surface area (Å²) in [5.41, 5.74) is 8.93. The number of aliphatic hydroxyl groups excluding tert-OH is 2. The number of aryl methyl sites for hydroxylation is 2. The quantitative estimate of drug-likeness (QED) is 0.0404. The van der Waals surface area contributed by atoms with Gasteiger partial charge in [-0.05, 0) is 59.8 Å². The Kier molecular flexibility index (Phi) is 21.8. The summed E-state index contributed by atoms with van der Waals surface area (Å²) >= 11 is 3.17. The van der Waals surface area contributed by atoms with Crippen LogP contribution in [0.2, 0.25) is 0 Å². The number of carbonyl (C=O) groups is 5. The van der Waals surface area contributed by atoms with Crippen LogP contribution in [0.4, 0.5) is 0 Å². The molecule has 1 aliphatic carbocycles. The summed E-state index contributed by atoms with van der Waals surface area (Å²) in [6.07, 6.45) is -0.958. The number of benzene rings is 2. The maximum atomic E-state index is 14.1. The van der Waals surface area contributed by atoms with Gasteiger partial charge in [0.05, 0.1) is 102 Å². The third-order valence-corrected chi connectivity index (χ3v) is 15.5. The van der Waals surface area contributed by atoms with Gasteiger partial charge in [0.15, 0.2) is 5.78 Å². The molecule has 6 N–H and O–H groups in total. The summed E-state index contributed by atoms with van der Waals surface area (Å²) in [6, 6.07) is 13.8. The minimum absolute atomic E-state index is 0.108. The van der Waals surface area contributed by atoms with Gasteiger partial charge in [0.2, 0.25) is 23.6 Å². The zero-order valence-electron chi connectivity index (χ0n) is 45.1. The zero-order valence-corrected chi connectivity index (χ0v) is 46.8. The van der Waals surface area contributed by atoms with Crippen LogP contribution in [-0.4, -0.2) is 144 Å². The Morgan fingerprint density at radius 1 is 0.645 bits per heavy atom. The molecule has 0 spiro atoms. The predicted molar refractivity (Wildman–Crippen MR) is 292 cm³/mol. The molecule has 2 aliphatic rings. The van der Waals surface area contributed by atoms with E-state index < -0.39 is 64.8 Å². The van der Waals surface area contributed by atoms with Gasteiger partial charge in [-0.15, -0.1) is 22.7 Å². The van der Waals surface area contributed by atoms with Crippen LogP contribution in [-0.2, 0) is 56.0 Å². The number of rotatable bonds is 27. The van der Waals surface area contributed by atoms with Crippen molar-refractivity contribution in [2.24, 2.45) is 22.7 Å². The van der Waals surface area contributed by atoms with Crippen molar-refractivity contribution in [3.8, 4) is 20.9 Å². The molecule has 7 atom stereocenters. The smallest absolute Gasteiger partial charge is 0.246 e. The summed E-state index contributed by atoms with van der Waals surface area (Å²) in [5.74, 6) is -3.41. The van der Waals surface area contributed by atoms with Gasteiger partial charge in [-0.3, -0.25) is 24.0 Å². The van der Waals surface area contributed by atoms with Crippen LogP contribution in [0.3, 0.4) is 0 Å². The molecule has 1 saturated carbocycles. The lowest BCUT2D eigenvalue weighted by molar-refractivity contribution is -0.141. The number of nitrogens with zero attached hydrogens (tertiary/aromatic N) is 3. The Morgan fingerprint density at radius 2 is 1.09 bits per heavy atom. The zero-order chi connectivity index (χ0) is 55.2. The molecule has 0 bridgehead atoms. The highest BCUT2D eigenvalue weighted by molar-refractivity contribution is 7.13. The Hall–Kier alpha value is -5.45. The summed E-state index contributed by atoms with van der Waals surface area (Å²) in [4.78, 5) is 80.2. The first-order valence-electron chi connectivity index (χ1n) is 25.9. The van der Waals surface area contributed by atoms with Gasteiger partial charge in [0.25, 0.3) is 0 Å². The molecule has 20 heteroatoms. The molecule has 76 heavy (non-hydrogen) atoms. The van der Waals surface area contributed by atoms with E-state index in [0.717, 1.165) is 43.4 Å². The topological polar surface area (TPSA) is 240 Å². The highest BCUT2D eigenvalue weighted by Gasteiger charge is 2.47. The van der Waals surface area contributed by atoms with E-state index in [0.29, 0.717) is 18.7 Å². The van der Waals surface area contributed by atoms with Crippen LogP contribution in [0.1, 0.15) is 83.3 Å². The van der Waals surface area contributed by atoms with Gasteiger partial charge in [-0.1, -0.05) is 96.7 Å². The van der Waals surface area contributed by atoms with Gasteiger partial charge < -0.3 is 55.3 Å². The fourth-order valence-corrected chi connectivity index (χ4v) is 11.0. The molecule has 1 saturated heterocycles. The van der Waals surface area contributed by atoms with E-state index in [9.17, 15) is 34.2 Å². The Labute approximate surface area is 454 Å². The Bertz CT molecular complexity index is 2400. The maximum Gasteiger partial charge on any atom is 0.246 e. The molecule has 2 aromatic carbocycles. The van der Waals surface area contributed by atoms with Gasteiger partial charge in [-0.2, -0.15) is 0 Å². The number of hydrogen-bond donors (Lipinski definition) is 6. The fraction of sp³-hybridized carbons (Fsp3) is 0.554. The Morgan fingerprint density at radius 3 is 1.55 bits per heavy atom. The van der Waals surface area contributed by atoms with E-state index in [1.165, 1.54) is 0 Å². The summed E-state index contributed by atoms with van der Waals surface area (Å²) in [5, 5.41) is 33.3. The molecule has 2 unspecified atom stereocenters. The number of amides is 4. The number of aromatic nitrogens is 2. The minimum Gasteiger partial charge on any atom is -0.393 e. The van der Waals surface area contributed by atoms with Crippen molar-refractivity contribution in [3.05, 3.63) is 94.3 Å². The lowest BCUT2D eigenvalue weighted by atomic mass is 9.77. The van der Waals surface area contributed by atoms with Crippen molar-refractivity contribution in [1.82, 2.24) is 36.1 Å². The second kappa shape index (κ2) is 27.7. The standard InChI is InChI=1S/C56H77N7O11S2/c1-34(57-27-37-10-14-39(15-11-37)49-35(2)59-32-75-49)45-26-42(65)29-63(45)54(70)52(56(7,8)9)62-47(67)31-74-23-21-72-19-18-71-20-22-73-30-46(66)61-51(55(4,5)6)48(68)43-24-41(64)25-44(43)53(69)58-28-38-12-16-40(17-13-38)50-36(3)60-33-76-50/h10-17,32-33,41-45,51-52,57,64-65H,1,18-31H2,2-9H3,(H,58,69)(H,61,66)(H,62,67)/t41-,42+,43?,44+,45-,51?,52+/m0/s1. The molecule has 2 fully saturated rings. The molecule has 414 valence electrons. The molecule has 2 aromatic heterocycles. The highest BCUT2D eigenvalue weighted by Crippen LogP contribution is 2.37. The highest BCUT2D eigenvalue weighted by atomic mass is 32.1. The van der Waals surface area contributed by atoms with E-state index in [1.807, 2.05) is 103 Å². The van der Waals surface area contributed by atoms with E-state index in [2.05, 4.69) is 49.9 Å². The van der Waals surface area contributed by atoms with E-state index in [-0.39, 0.29) is 96.4 Å². The maximum absolute atomic E-state index is 14.1. The van der Waals surface area contributed by atoms with Crippen LogP contribution in [0.5, 0.6) is 0 Å². The Balaban J connectivity index is 0.832. The first-order chi connectivity index (χ1) is 36.1. The van der Waals surface area contributed by atoms with Gasteiger partial charge in [0, 0.05) is 37.7 Å². The van der Waals surface area contributed by atoms with Crippen LogP contribution >= 0.6 is 22.7 Å². The average Bonchev–Trinajstić information content (AvgIpc) is 4.20. The molecule has 18 nitrogen and oxygen atoms in total. The van der Waals surface area contributed by atoms with E-state index in [1.54, 1.807) is 27.6 Å². The fourth-order valence-electron chi connectivity index (χ4n) is 9.40. The number of ether oxygens (including phenoxy) is 4. The summed E-state index contributed by atoms with van der Waals surface area (Å²) < 4.78 is 22.2.